The quantitative estimate of drug-likeness (QED) is 0.686. The molecule has 0 aliphatic carbocycles. The monoisotopic (exact) mass is 247 g/mol. The van der Waals surface area contributed by atoms with Crippen LogP contribution in [0.15, 0.2) is 30.9 Å². The van der Waals surface area contributed by atoms with Crippen LogP contribution >= 0.6 is 0 Å². The van der Waals surface area contributed by atoms with Crippen LogP contribution in [0.2, 0.25) is 0 Å². The lowest BCUT2D eigenvalue weighted by molar-refractivity contribution is -0.138. The Morgan fingerprint density at radius 3 is 3.00 bits per heavy atom. The molecular weight excluding hydrogens is 234 g/mol. The first kappa shape index (κ1) is 11.9. The van der Waals surface area contributed by atoms with Crippen LogP contribution in [0.5, 0.6) is 0 Å². The van der Waals surface area contributed by atoms with Gasteiger partial charge < -0.3 is 20.4 Å². The third kappa shape index (κ3) is 3.21. The van der Waals surface area contributed by atoms with Gasteiger partial charge in [0.05, 0.1) is 12.8 Å². The molecule has 0 spiro atoms. The number of aromatic nitrogens is 3. The van der Waals surface area contributed by atoms with Gasteiger partial charge in [-0.15, -0.1) is 0 Å². The number of ether oxygens (including phenoxy) is 1. The summed E-state index contributed by atoms with van der Waals surface area (Å²) in [6.45, 7) is 0.0666. The molecule has 0 aliphatic heterocycles. The van der Waals surface area contributed by atoms with Gasteiger partial charge in [-0.25, -0.2) is 9.97 Å². The molecule has 2 rings (SSSR count). The Labute approximate surface area is 104 Å². The molecule has 7 nitrogen and oxygen atoms in total. The van der Waals surface area contributed by atoms with Gasteiger partial charge in [-0.05, 0) is 6.07 Å². The first-order valence-electron chi connectivity index (χ1n) is 5.30. The van der Waals surface area contributed by atoms with Crippen molar-refractivity contribution in [3.05, 3.63) is 30.9 Å². The van der Waals surface area contributed by atoms with Crippen molar-refractivity contribution in [2.75, 3.05) is 24.3 Å². The van der Waals surface area contributed by atoms with E-state index in [2.05, 4.69) is 30.3 Å². The average Bonchev–Trinajstić information content (AvgIpc) is 2.89. The Balaban J connectivity index is 1.99. The molecule has 2 aromatic rings. The minimum absolute atomic E-state index is 0.0666. The first-order valence-corrected chi connectivity index (χ1v) is 5.30. The Morgan fingerprint density at radius 1 is 1.44 bits per heavy atom. The third-order valence-corrected chi connectivity index (χ3v) is 2.18. The summed E-state index contributed by atoms with van der Waals surface area (Å²) in [7, 11) is 1.34. The molecule has 2 heterocycles. The zero-order valence-electron chi connectivity index (χ0n) is 9.80. The smallest absolute Gasteiger partial charge is 0.325 e. The van der Waals surface area contributed by atoms with Crippen molar-refractivity contribution in [3.8, 4) is 0 Å². The highest BCUT2D eigenvalue weighted by Gasteiger charge is 2.02. The number of rotatable bonds is 5. The number of nitrogens with one attached hydrogen (secondary N) is 3. The van der Waals surface area contributed by atoms with Crippen LogP contribution in [-0.4, -0.2) is 34.6 Å². The molecule has 0 saturated heterocycles. The number of nitrogens with zero attached hydrogens (tertiary/aromatic N) is 2. The number of methoxy groups -OCH3 is 1. The first-order chi connectivity index (χ1) is 8.78. The van der Waals surface area contributed by atoms with Gasteiger partial charge in [0, 0.05) is 18.5 Å². The van der Waals surface area contributed by atoms with Gasteiger partial charge in [0.25, 0.3) is 0 Å². The van der Waals surface area contributed by atoms with Gasteiger partial charge in [0.2, 0.25) is 0 Å². The zero-order chi connectivity index (χ0) is 12.8. The van der Waals surface area contributed by atoms with E-state index < -0.39 is 0 Å². The van der Waals surface area contributed by atoms with E-state index in [1.54, 1.807) is 12.3 Å². The molecule has 0 radical (unpaired) electrons. The Kier molecular flexibility index (Phi) is 3.75. The van der Waals surface area contributed by atoms with E-state index in [1.807, 2.05) is 12.3 Å². The summed E-state index contributed by atoms with van der Waals surface area (Å²) in [6.07, 6.45) is 5.03. The fourth-order valence-corrected chi connectivity index (χ4v) is 1.31. The highest BCUT2D eigenvalue weighted by molar-refractivity contribution is 5.74. The second-order valence-electron chi connectivity index (χ2n) is 3.44. The Bertz CT molecular complexity index is 512. The van der Waals surface area contributed by atoms with Crippen molar-refractivity contribution in [2.45, 2.75) is 0 Å². The summed E-state index contributed by atoms with van der Waals surface area (Å²) in [4.78, 5) is 22.0. The van der Waals surface area contributed by atoms with Gasteiger partial charge in [0.15, 0.2) is 0 Å². The minimum atomic E-state index is -0.353. The summed E-state index contributed by atoms with van der Waals surface area (Å²) in [5.41, 5.74) is 0.896. The maximum absolute atomic E-state index is 11.0. The van der Waals surface area contributed by atoms with E-state index >= 15 is 0 Å². The molecule has 0 bridgehead atoms. The van der Waals surface area contributed by atoms with Crippen molar-refractivity contribution in [1.29, 1.82) is 0 Å². The van der Waals surface area contributed by atoms with Crippen molar-refractivity contribution in [2.24, 2.45) is 0 Å². The summed E-state index contributed by atoms with van der Waals surface area (Å²) in [5, 5.41) is 5.93. The standard InChI is InChI=1S/C11H13N5O2/c1-18-11(17)6-13-9-4-10(15-7-14-9)16-8-2-3-12-5-8/h2-5,7,12H,6H2,1H3,(H2,13,14,15,16). The van der Waals surface area contributed by atoms with E-state index in [9.17, 15) is 4.79 Å². The van der Waals surface area contributed by atoms with Gasteiger partial charge in [-0.3, -0.25) is 4.79 Å². The van der Waals surface area contributed by atoms with Crippen molar-refractivity contribution in [3.63, 3.8) is 0 Å². The van der Waals surface area contributed by atoms with Crippen molar-refractivity contribution >= 4 is 23.3 Å². The third-order valence-electron chi connectivity index (χ3n) is 2.18. The molecule has 0 amide bonds. The molecule has 3 N–H and O–H groups in total. The highest BCUT2D eigenvalue weighted by Crippen LogP contribution is 2.14. The summed E-state index contributed by atoms with van der Waals surface area (Å²) < 4.78 is 4.52. The molecule has 0 aromatic carbocycles. The maximum Gasteiger partial charge on any atom is 0.325 e. The van der Waals surface area contributed by atoms with Crippen molar-refractivity contribution in [1.82, 2.24) is 15.0 Å². The van der Waals surface area contributed by atoms with Crippen LogP contribution < -0.4 is 10.6 Å². The number of carbonyl (C=O) groups is 1. The fourth-order valence-electron chi connectivity index (χ4n) is 1.31. The lowest BCUT2D eigenvalue weighted by atomic mass is 10.4. The Hall–Kier alpha value is -2.57. The van der Waals surface area contributed by atoms with Crippen LogP contribution in [-0.2, 0) is 9.53 Å². The summed E-state index contributed by atoms with van der Waals surface area (Å²) >= 11 is 0. The molecule has 0 unspecified atom stereocenters. The predicted octanol–water partition coefficient (Wildman–Crippen LogP) is 1.13. The van der Waals surface area contributed by atoms with Crippen molar-refractivity contribution < 1.29 is 9.53 Å². The predicted molar refractivity (Wildman–Crippen MR) is 66.6 cm³/mol. The number of H-pyrrole nitrogens is 1. The molecule has 7 heteroatoms. The second kappa shape index (κ2) is 5.67. The summed E-state index contributed by atoms with van der Waals surface area (Å²) in [6, 6.07) is 3.58. The van der Waals surface area contributed by atoms with Crippen LogP contribution in [0, 0.1) is 0 Å². The molecule has 18 heavy (non-hydrogen) atoms. The van der Waals surface area contributed by atoms with E-state index in [1.165, 1.54) is 13.4 Å². The molecule has 0 fully saturated rings. The van der Waals surface area contributed by atoms with E-state index in [-0.39, 0.29) is 12.5 Å². The van der Waals surface area contributed by atoms with Crippen LogP contribution in [0.4, 0.5) is 17.3 Å². The lowest BCUT2D eigenvalue weighted by Crippen LogP contribution is -2.15. The SMILES string of the molecule is COC(=O)CNc1cc(Nc2cc[nH]c2)ncn1. The average molecular weight is 247 g/mol. The van der Waals surface area contributed by atoms with Gasteiger partial charge in [-0.2, -0.15) is 0 Å². The largest absolute Gasteiger partial charge is 0.468 e. The van der Waals surface area contributed by atoms with Gasteiger partial charge in [0.1, 0.15) is 24.5 Å². The molecule has 0 aliphatic rings. The van der Waals surface area contributed by atoms with Gasteiger partial charge >= 0.3 is 5.97 Å². The highest BCUT2D eigenvalue weighted by atomic mass is 16.5. The lowest BCUT2D eigenvalue weighted by Gasteiger charge is -2.06. The normalized spacial score (nSPS) is 9.83. The number of hydrogen-bond donors (Lipinski definition) is 3. The number of hydrogen-bond acceptors (Lipinski definition) is 6. The number of esters is 1. The second-order valence-corrected chi connectivity index (χ2v) is 3.44. The number of carbonyl (C=O) groups excluding carboxylic acids is 1. The minimum Gasteiger partial charge on any atom is -0.468 e. The Morgan fingerprint density at radius 2 is 2.28 bits per heavy atom. The van der Waals surface area contributed by atoms with E-state index in [0.29, 0.717) is 11.6 Å². The molecule has 94 valence electrons. The van der Waals surface area contributed by atoms with Crippen LogP contribution in [0.1, 0.15) is 0 Å². The molecule has 2 aromatic heterocycles. The zero-order valence-corrected chi connectivity index (χ0v) is 9.80. The maximum atomic E-state index is 11.0. The molecular formula is C11H13N5O2. The van der Waals surface area contributed by atoms with Crippen LogP contribution in [0.25, 0.3) is 0 Å². The van der Waals surface area contributed by atoms with E-state index in [0.717, 1.165) is 5.69 Å². The fraction of sp³-hybridized carbons (Fsp3) is 0.182. The molecule has 0 atom stereocenters. The number of aromatic amines is 1. The van der Waals surface area contributed by atoms with Crippen LogP contribution in [0.3, 0.4) is 0 Å². The number of anilines is 3. The molecule has 0 saturated carbocycles. The summed E-state index contributed by atoms with van der Waals surface area (Å²) in [5.74, 6) is 0.833. The topological polar surface area (TPSA) is 91.9 Å². The van der Waals surface area contributed by atoms with Gasteiger partial charge in [-0.1, -0.05) is 0 Å². The van der Waals surface area contributed by atoms with E-state index in [4.69, 9.17) is 0 Å².